The number of aliphatic hydroxyl groups is 4. The Morgan fingerprint density at radius 1 is 1.00 bits per heavy atom. The Bertz CT molecular complexity index is 897. The number of aliphatic hydroxyl groups excluding tert-OH is 3. The van der Waals surface area contributed by atoms with Gasteiger partial charge in [-0.05, 0) is 118 Å². The molecule has 4 N–H and O–H groups in total. The normalized spacial score (nSPS) is 47.9. The maximum absolute atomic E-state index is 10.4. The summed E-state index contributed by atoms with van der Waals surface area (Å²) in [5.74, 6) is 4.12. The maximum Gasteiger partial charge on any atom is 0.186 e. The Labute approximate surface area is 236 Å². The number of rotatable bonds is 7. The van der Waals surface area contributed by atoms with Crippen LogP contribution in [0.3, 0.4) is 0 Å². The third-order valence-electron chi connectivity index (χ3n) is 12.9. The molecule has 0 spiro atoms. The molecule has 5 aliphatic rings. The average molecular weight is 549 g/mol. The van der Waals surface area contributed by atoms with Crippen LogP contribution in [0.1, 0.15) is 106 Å². The molecule has 0 aromatic carbocycles. The minimum absolute atomic E-state index is 0.0159. The van der Waals surface area contributed by atoms with Gasteiger partial charge in [-0.15, -0.1) is 0 Å². The molecule has 6 nitrogen and oxygen atoms in total. The van der Waals surface area contributed by atoms with Crippen molar-refractivity contribution in [2.75, 3.05) is 6.61 Å². The number of hydrogen-bond acceptors (Lipinski definition) is 6. The summed E-state index contributed by atoms with van der Waals surface area (Å²) in [4.78, 5) is 0. The average Bonchev–Trinajstić information content (AvgIpc) is 3.24. The van der Waals surface area contributed by atoms with E-state index in [1.54, 1.807) is 0 Å². The molecule has 4 fully saturated rings. The summed E-state index contributed by atoms with van der Waals surface area (Å²) in [6, 6.07) is 0. The van der Waals surface area contributed by atoms with Crippen LogP contribution in [-0.2, 0) is 9.47 Å². The van der Waals surface area contributed by atoms with Crippen molar-refractivity contribution in [2.45, 2.75) is 142 Å². The molecule has 3 saturated carbocycles. The van der Waals surface area contributed by atoms with Crippen molar-refractivity contribution in [2.24, 2.45) is 46.3 Å². The topological polar surface area (TPSA) is 99.4 Å². The molecule has 0 aromatic heterocycles. The third-order valence-corrected chi connectivity index (χ3v) is 12.9. The fraction of sp³-hybridized carbons (Fsp3) is 0.939. The molecule has 224 valence electrons. The van der Waals surface area contributed by atoms with Crippen molar-refractivity contribution in [3.8, 4) is 0 Å². The van der Waals surface area contributed by atoms with Gasteiger partial charge in [0.1, 0.15) is 18.3 Å². The number of allylic oxidation sites excluding steroid dienone is 1. The van der Waals surface area contributed by atoms with Crippen molar-refractivity contribution >= 4 is 0 Å². The molecule has 1 heterocycles. The van der Waals surface area contributed by atoms with Gasteiger partial charge >= 0.3 is 0 Å². The van der Waals surface area contributed by atoms with Gasteiger partial charge in [0.2, 0.25) is 0 Å². The van der Waals surface area contributed by atoms with E-state index in [1.807, 2.05) is 13.8 Å². The van der Waals surface area contributed by atoms with E-state index in [9.17, 15) is 20.4 Å². The second kappa shape index (κ2) is 11.0. The summed E-state index contributed by atoms with van der Waals surface area (Å²) < 4.78 is 11.7. The van der Waals surface area contributed by atoms with Crippen LogP contribution in [0.4, 0.5) is 0 Å². The smallest absolute Gasteiger partial charge is 0.186 e. The van der Waals surface area contributed by atoms with E-state index in [2.05, 4.69) is 33.8 Å². The first-order valence-electron chi connectivity index (χ1n) is 16.0. The van der Waals surface area contributed by atoms with E-state index in [0.717, 1.165) is 49.4 Å². The molecule has 0 bridgehead atoms. The molecule has 6 heteroatoms. The van der Waals surface area contributed by atoms with Gasteiger partial charge in [-0.3, -0.25) is 0 Å². The zero-order chi connectivity index (χ0) is 28.3. The van der Waals surface area contributed by atoms with Gasteiger partial charge < -0.3 is 29.9 Å². The maximum atomic E-state index is 10.4. The molecule has 1 aliphatic heterocycles. The lowest BCUT2D eigenvalue weighted by Crippen LogP contribution is -2.55. The molecule has 5 rings (SSSR count). The molecule has 0 amide bonds. The van der Waals surface area contributed by atoms with Crippen LogP contribution >= 0.6 is 0 Å². The number of hydrogen-bond donors (Lipinski definition) is 4. The van der Waals surface area contributed by atoms with E-state index in [4.69, 9.17) is 9.47 Å². The predicted octanol–water partition coefficient (Wildman–Crippen LogP) is 5.21. The summed E-state index contributed by atoms with van der Waals surface area (Å²) in [5, 5.41) is 40.6. The standard InChI is InChI=1S/C33H56O6/c1-19(7-8-20(2)31(3,4)37)24-11-12-25-23-10-9-21-17-22(39-30-29(36)28(35)27(34)18-38-30)13-15-32(21,5)26(23)14-16-33(24,25)6/h9,19-20,22-30,34-37H,7-8,10-18H2,1-6H3/t19-,20+,22+,23?,24-,25?,26?,27-,28-,29+,30+,32+,33-/m1/s1. The number of fused-ring (bicyclic) bond motifs is 5. The van der Waals surface area contributed by atoms with Gasteiger partial charge in [-0.1, -0.05) is 45.8 Å². The quantitative estimate of drug-likeness (QED) is 0.326. The van der Waals surface area contributed by atoms with E-state index >= 15 is 0 Å². The zero-order valence-electron chi connectivity index (χ0n) is 25.3. The van der Waals surface area contributed by atoms with Gasteiger partial charge in [0.05, 0.1) is 18.3 Å². The van der Waals surface area contributed by atoms with Crippen LogP contribution in [0.2, 0.25) is 0 Å². The summed E-state index contributed by atoms with van der Waals surface area (Å²) in [6.45, 7) is 13.7. The Hall–Kier alpha value is -0.500. The summed E-state index contributed by atoms with van der Waals surface area (Å²) >= 11 is 0. The molecule has 0 radical (unpaired) electrons. The van der Waals surface area contributed by atoms with E-state index < -0.39 is 30.2 Å². The van der Waals surface area contributed by atoms with Crippen LogP contribution < -0.4 is 0 Å². The highest BCUT2D eigenvalue weighted by Gasteiger charge is 2.59. The van der Waals surface area contributed by atoms with Crippen molar-refractivity contribution in [3.63, 3.8) is 0 Å². The van der Waals surface area contributed by atoms with Crippen molar-refractivity contribution in [3.05, 3.63) is 11.6 Å². The SMILES string of the molecule is C[C@H](CC[C@H](C)C(C)(C)O)[C@H]1CCC2C3CC=C4C[C@@H](O[C@@H]5OC[C@@H](O)[C@@H](O)[C@@H]5O)CC[C@]4(C)C3CC[C@@]21C. The highest BCUT2D eigenvalue weighted by atomic mass is 16.7. The third kappa shape index (κ3) is 5.41. The first-order chi connectivity index (χ1) is 18.3. The summed E-state index contributed by atoms with van der Waals surface area (Å²) in [5.41, 5.74) is 1.58. The monoisotopic (exact) mass is 548 g/mol. The van der Waals surface area contributed by atoms with Crippen molar-refractivity contribution in [1.29, 1.82) is 0 Å². The summed E-state index contributed by atoms with van der Waals surface area (Å²) in [7, 11) is 0. The largest absolute Gasteiger partial charge is 0.390 e. The minimum atomic E-state index is -1.23. The molecule has 3 unspecified atom stereocenters. The highest BCUT2D eigenvalue weighted by molar-refractivity contribution is 5.25. The zero-order valence-corrected chi connectivity index (χ0v) is 25.3. The minimum Gasteiger partial charge on any atom is -0.390 e. The number of ether oxygens (including phenoxy) is 2. The van der Waals surface area contributed by atoms with Gasteiger partial charge in [0.25, 0.3) is 0 Å². The van der Waals surface area contributed by atoms with Gasteiger partial charge in [-0.25, -0.2) is 0 Å². The first-order valence-corrected chi connectivity index (χ1v) is 16.0. The van der Waals surface area contributed by atoms with Gasteiger partial charge in [0, 0.05) is 0 Å². The van der Waals surface area contributed by atoms with Crippen LogP contribution in [0, 0.1) is 46.3 Å². The fourth-order valence-electron chi connectivity index (χ4n) is 9.87. The van der Waals surface area contributed by atoms with E-state index in [-0.39, 0.29) is 18.1 Å². The second-order valence-electron chi connectivity index (χ2n) is 15.3. The van der Waals surface area contributed by atoms with Gasteiger partial charge in [-0.2, -0.15) is 0 Å². The predicted molar refractivity (Wildman–Crippen MR) is 152 cm³/mol. The Balaban J connectivity index is 1.23. The van der Waals surface area contributed by atoms with Crippen LogP contribution in [0.5, 0.6) is 0 Å². The molecule has 1 saturated heterocycles. The Kier molecular flexibility index (Phi) is 8.43. The van der Waals surface area contributed by atoms with Crippen LogP contribution in [-0.4, -0.2) is 63.3 Å². The van der Waals surface area contributed by atoms with E-state index in [1.165, 1.54) is 44.1 Å². The van der Waals surface area contributed by atoms with E-state index in [0.29, 0.717) is 17.3 Å². The molecular formula is C33H56O6. The van der Waals surface area contributed by atoms with Crippen LogP contribution in [0.15, 0.2) is 11.6 Å². The lowest BCUT2D eigenvalue weighted by atomic mass is 9.47. The Morgan fingerprint density at radius 2 is 1.74 bits per heavy atom. The first kappa shape index (κ1) is 30.0. The molecule has 4 aliphatic carbocycles. The Morgan fingerprint density at radius 3 is 2.46 bits per heavy atom. The second-order valence-corrected chi connectivity index (χ2v) is 15.3. The molecule has 0 aromatic rings. The van der Waals surface area contributed by atoms with Crippen molar-refractivity contribution in [1.82, 2.24) is 0 Å². The van der Waals surface area contributed by atoms with Gasteiger partial charge in [0.15, 0.2) is 6.29 Å². The highest BCUT2D eigenvalue weighted by Crippen LogP contribution is 2.67. The molecular weight excluding hydrogens is 492 g/mol. The summed E-state index contributed by atoms with van der Waals surface area (Å²) in [6.07, 6.45) is 9.86. The fourth-order valence-corrected chi connectivity index (χ4v) is 9.87. The molecule has 39 heavy (non-hydrogen) atoms. The lowest BCUT2D eigenvalue weighted by Gasteiger charge is -2.58. The van der Waals surface area contributed by atoms with Crippen molar-refractivity contribution < 1.29 is 29.9 Å². The van der Waals surface area contributed by atoms with Crippen LogP contribution in [0.25, 0.3) is 0 Å². The molecule has 13 atom stereocenters. The lowest BCUT2D eigenvalue weighted by molar-refractivity contribution is -0.284.